The van der Waals surface area contributed by atoms with E-state index in [1.165, 1.54) is 30.4 Å². The number of nitrogens with one attached hydrogen (secondary N) is 2. The van der Waals surface area contributed by atoms with Gasteiger partial charge in [0.25, 0.3) is 0 Å². The number of hydrazone groups is 1. The Balaban J connectivity index is 1.60. The van der Waals surface area contributed by atoms with Crippen molar-refractivity contribution >= 4 is 29.2 Å². The van der Waals surface area contributed by atoms with Crippen molar-refractivity contribution in [2.75, 3.05) is 12.4 Å². The van der Waals surface area contributed by atoms with Crippen LogP contribution in [0.3, 0.4) is 0 Å². The molecular weight excluding hydrogens is 330 g/mol. The highest BCUT2D eigenvalue weighted by Gasteiger charge is 2.09. The van der Waals surface area contributed by atoms with E-state index >= 15 is 0 Å². The van der Waals surface area contributed by atoms with Crippen LogP contribution < -0.4 is 15.5 Å². The molecule has 0 fully saturated rings. The minimum Gasteiger partial charge on any atom is -0.496 e. The van der Waals surface area contributed by atoms with Crippen LogP contribution in [0.15, 0.2) is 41.5 Å². The highest BCUT2D eigenvalue weighted by Crippen LogP contribution is 2.24. The number of hydrogen-bond donors (Lipinski definition) is 2. The molecule has 0 atom stereocenters. The van der Waals surface area contributed by atoms with Crippen molar-refractivity contribution in [2.45, 2.75) is 32.6 Å². The predicted octanol–water partition coefficient (Wildman–Crippen LogP) is 4.20. The van der Waals surface area contributed by atoms with Crippen molar-refractivity contribution in [3.05, 3.63) is 58.7 Å². The van der Waals surface area contributed by atoms with E-state index in [-0.39, 0.29) is 0 Å². The Bertz CT molecular complexity index is 802. The van der Waals surface area contributed by atoms with E-state index in [4.69, 9.17) is 17.0 Å². The van der Waals surface area contributed by atoms with Gasteiger partial charge in [0.05, 0.1) is 13.3 Å². The van der Waals surface area contributed by atoms with Gasteiger partial charge in [-0.05, 0) is 80.2 Å². The van der Waals surface area contributed by atoms with E-state index in [1.54, 1.807) is 13.3 Å². The van der Waals surface area contributed by atoms with Gasteiger partial charge in [0.1, 0.15) is 5.75 Å². The summed E-state index contributed by atoms with van der Waals surface area (Å²) in [7, 11) is 1.65. The number of nitrogens with zero attached hydrogens (tertiary/aromatic N) is 1. The van der Waals surface area contributed by atoms with Gasteiger partial charge in [-0.2, -0.15) is 5.10 Å². The molecule has 0 saturated carbocycles. The van der Waals surface area contributed by atoms with E-state index in [2.05, 4.69) is 34.0 Å². The van der Waals surface area contributed by atoms with E-state index in [9.17, 15) is 0 Å². The van der Waals surface area contributed by atoms with Gasteiger partial charge >= 0.3 is 0 Å². The monoisotopic (exact) mass is 353 g/mol. The number of hydrogen-bond acceptors (Lipinski definition) is 3. The molecule has 4 nitrogen and oxygen atoms in total. The third-order valence-electron chi connectivity index (χ3n) is 4.36. The molecule has 0 radical (unpaired) electrons. The molecule has 25 heavy (non-hydrogen) atoms. The van der Waals surface area contributed by atoms with Crippen LogP contribution in [-0.4, -0.2) is 18.4 Å². The Hall–Kier alpha value is -2.40. The summed E-state index contributed by atoms with van der Waals surface area (Å²) >= 11 is 5.33. The quantitative estimate of drug-likeness (QED) is 0.491. The van der Waals surface area contributed by atoms with Crippen LogP contribution in [0.5, 0.6) is 5.75 Å². The number of ether oxygens (including phenoxy) is 1. The van der Waals surface area contributed by atoms with Gasteiger partial charge in [0, 0.05) is 11.3 Å². The fraction of sp³-hybridized carbons (Fsp3) is 0.300. The average molecular weight is 353 g/mol. The van der Waals surface area contributed by atoms with Gasteiger partial charge in [0.2, 0.25) is 0 Å². The predicted molar refractivity (Wildman–Crippen MR) is 108 cm³/mol. The van der Waals surface area contributed by atoms with Crippen molar-refractivity contribution in [1.29, 1.82) is 0 Å². The van der Waals surface area contributed by atoms with Crippen molar-refractivity contribution in [3.8, 4) is 5.75 Å². The smallest absolute Gasteiger partial charge is 0.191 e. The summed E-state index contributed by atoms with van der Waals surface area (Å²) in [5.74, 6) is 0.782. The Morgan fingerprint density at radius 2 is 1.92 bits per heavy atom. The number of fused-ring (bicyclic) bond motifs is 1. The summed E-state index contributed by atoms with van der Waals surface area (Å²) < 4.78 is 5.34. The van der Waals surface area contributed by atoms with Gasteiger partial charge in [-0.3, -0.25) is 5.43 Å². The van der Waals surface area contributed by atoms with Gasteiger partial charge in [-0.15, -0.1) is 0 Å². The molecule has 3 rings (SSSR count). The number of methoxy groups -OCH3 is 1. The molecule has 0 spiro atoms. The third kappa shape index (κ3) is 4.57. The normalized spacial score (nSPS) is 13.4. The zero-order chi connectivity index (χ0) is 17.6. The molecule has 130 valence electrons. The maximum Gasteiger partial charge on any atom is 0.191 e. The minimum atomic E-state index is 0.471. The molecule has 0 unspecified atom stereocenters. The first-order valence-corrected chi connectivity index (χ1v) is 8.93. The fourth-order valence-corrected chi connectivity index (χ4v) is 3.26. The summed E-state index contributed by atoms with van der Waals surface area (Å²) in [6.45, 7) is 2.03. The van der Waals surface area contributed by atoms with Crippen LogP contribution >= 0.6 is 12.2 Å². The minimum absolute atomic E-state index is 0.471. The van der Waals surface area contributed by atoms with Crippen molar-refractivity contribution < 1.29 is 4.74 Å². The number of benzene rings is 2. The standard InChI is InChI=1S/C20H23N3OS/c1-14-7-10-19(24-2)17(11-14)13-21-23-20(25)22-18-9-8-15-5-3-4-6-16(15)12-18/h7-13H,3-6H2,1-2H3,(H2,22,23,25)/b21-13+. The SMILES string of the molecule is COc1ccc(C)cc1/C=N/NC(=S)Nc1ccc2c(c1)CCCC2. The van der Waals surface area contributed by atoms with E-state index < -0.39 is 0 Å². The van der Waals surface area contributed by atoms with Crippen LogP contribution in [-0.2, 0) is 12.8 Å². The molecule has 0 aliphatic heterocycles. The van der Waals surface area contributed by atoms with Gasteiger partial charge in [-0.25, -0.2) is 0 Å². The van der Waals surface area contributed by atoms with Crippen molar-refractivity contribution in [1.82, 2.24) is 5.43 Å². The molecular formula is C20H23N3OS. The number of anilines is 1. The Morgan fingerprint density at radius 1 is 1.12 bits per heavy atom. The van der Waals surface area contributed by atoms with Crippen molar-refractivity contribution in [2.24, 2.45) is 5.10 Å². The topological polar surface area (TPSA) is 45.6 Å². The van der Waals surface area contributed by atoms with Crippen LogP contribution in [0.1, 0.15) is 35.1 Å². The first-order valence-electron chi connectivity index (χ1n) is 8.52. The molecule has 1 aliphatic carbocycles. The number of aryl methyl sites for hydroxylation is 3. The van der Waals surface area contributed by atoms with Gasteiger partial charge in [-0.1, -0.05) is 17.7 Å². The summed E-state index contributed by atoms with van der Waals surface area (Å²) in [6.07, 6.45) is 6.60. The zero-order valence-electron chi connectivity index (χ0n) is 14.6. The molecule has 1 aliphatic rings. The largest absolute Gasteiger partial charge is 0.496 e. The van der Waals surface area contributed by atoms with Gasteiger partial charge in [0.15, 0.2) is 5.11 Å². The third-order valence-corrected chi connectivity index (χ3v) is 4.55. The molecule has 0 saturated heterocycles. The number of rotatable bonds is 4. The highest BCUT2D eigenvalue weighted by atomic mass is 32.1. The summed E-state index contributed by atoms with van der Waals surface area (Å²) in [4.78, 5) is 0. The van der Waals surface area contributed by atoms with Crippen LogP contribution in [0.4, 0.5) is 5.69 Å². The number of thiocarbonyl (C=S) groups is 1. The maximum absolute atomic E-state index is 5.34. The summed E-state index contributed by atoms with van der Waals surface area (Å²) in [5, 5.41) is 7.88. The van der Waals surface area contributed by atoms with Crippen LogP contribution in [0, 0.1) is 6.92 Å². The Kier molecular flexibility index (Phi) is 5.66. The zero-order valence-corrected chi connectivity index (χ0v) is 15.5. The van der Waals surface area contributed by atoms with Crippen LogP contribution in [0.2, 0.25) is 0 Å². The lowest BCUT2D eigenvalue weighted by atomic mass is 9.91. The lowest BCUT2D eigenvalue weighted by Crippen LogP contribution is -2.24. The van der Waals surface area contributed by atoms with E-state index in [1.807, 2.05) is 25.1 Å². The molecule has 2 aromatic rings. The lowest BCUT2D eigenvalue weighted by molar-refractivity contribution is 0.414. The molecule has 0 amide bonds. The first kappa shape index (κ1) is 17.4. The maximum atomic E-state index is 5.34. The van der Waals surface area contributed by atoms with Crippen molar-refractivity contribution in [3.63, 3.8) is 0 Å². The molecule has 2 aromatic carbocycles. The van der Waals surface area contributed by atoms with E-state index in [0.29, 0.717) is 5.11 Å². The summed E-state index contributed by atoms with van der Waals surface area (Å²) in [6, 6.07) is 12.4. The second kappa shape index (κ2) is 8.12. The molecule has 2 N–H and O–H groups in total. The Morgan fingerprint density at radius 3 is 2.72 bits per heavy atom. The first-order chi connectivity index (χ1) is 12.2. The van der Waals surface area contributed by atoms with E-state index in [0.717, 1.165) is 29.0 Å². The summed E-state index contributed by atoms with van der Waals surface area (Å²) in [5.41, 5.74) is 8.81. The average Bonchev–Trinajstić information content (AvgIpc) is 2.62. The molecule has 5 heteroatoms. The Labute approximate surface area is 154 Å². The molecule has 0 bridgehead atoms. The molecule has 0 heterocycles. The van der Waals surface area contributed by atoms with Crippen LogP contribution in [0.25, 0.3) is 0 Å². The highest BCUT2D eigenvalue weighted by molar-refractivity contribution is 7.80. The lowest BCUT2D eigenvalue weighted by Gasteiger charge is -2.17. The second-order valence-electron chi connectivity index (χ2n) is 6.26. The van der Waals surface area contributed by atoms with Gasteiger partial charge < -0.3 is 10.1 Å². The second-order valence-corrected chi connectivity index (χ2v) is 6.67. The molecule has 0 aromatic heterocycles. The fourth-order valence-electron chi connectivity index (χ4n) is 3.09.